The molecule has 35 heavy (non-hydrogen) atoms. The molecule has 2 aromatic carbocycles. The van der Waals surface area contributed by atoms with Gasteiger partial charge in [-0.05, 0) is 55.2 Å². The number of nitrogens with one attached hydrogen (secondary N) is 1. The van der Waals surface area contributed by atoms with Gasteiger partial charge in [-0.25, -0.2) is 9.67 Å². The summed E-state index contributed by atoms with van der Waals surface area (Å²) in [6.07, 6.45) is 1.39. The van der Waals surface area contributed by atoms with Crippen molar-refractivity contribution in [3.8, 4) is 5.75 Å². The third kappa shape index (κ3) is 5.05. The van der Waals surface area contributed by atoms with Crippen LogP contribution in [0.15, 0.2) is 53.3 Å². The van der Waals surface area contributed by atoms with Crippen molar-refractivity contribution in [3.63, 3.8) is 0 Å². The molecule has 0 saturated carbocycles. The Labute approximate surface area is 206 Å². The Morgan fingerprint density at radius 2 is 1.89 bits per heavy atom. The second kappa shape index (κ2) is 9.87. The van der Waals surface area contributed by atoms with Crippen LogP contribution in [0, 0.1) is 6.92 Å². The maximum Gasteiger partial charge on any atom is 0.281 e. The predicted molar refractivity (Wildman–Crippen MR) is 132 cm³/mol. The summed E-state index contributed by atoms with van der Waals surface area (Å²) in [6.45, 7) is 3.62. The number of carbonyl (C=O) groups is 1. The molecule has 0 bridgehead atoms. The average molecular weight is 493 g/mol. The van der Waals surface area contributed by atoms with Crippen LogP contribution in [0.4, 0.5) is 0 Å². The van der Waals surface area contributed by atoms with Crippen molar-refractivity contribution >= 4 is 28.7 Å². The number of piperidine rings is 1. The van der Waals surface area contributed by atoms with Crippen molar-refractivity contribution in [3.05, 3.63) is 80.9 Å². The van der Waals surface area contributed by atoms with Gasteiger partial charge in [-0.3, -0.25) is 9.59 Å². The number of amides is 1. The van der Waals surface area contributed by atoms with Gasteiger partial charge >= 0.3 is 0 Å². The molecular formula is C25H25ClN6O3. The predicted octanol–water partition coefficient (Wildman–Crippen LogP) is 3.31. The van der Waals surface area contributed by atoms with Crippen LogP contribution in [0.25, 0.3) is 11.2 Å². The van der Waals surface area contributed by atoms with Gasteiger partial charge in [0.1, 0.15) is 11.6 Å². The Morgan fingerprint density at radius 1 is 1.14 bits per heavy atom. The zero-order chi connectivity index (χ0) is 24.4. The highest BCUT2D eigenvalue weighted by atomic mass is 35.5. The highest BCUT2D eigenvalue weighted by Crippen LogP contribution is 2.26. The number of likely N-dealkylation sites (tertiary alicyclic amines) is 1. The summed E-state index contributed by atoms with van der Waals surface area (Å²) in [5.74, 6) is 1.18. The van der Waals surface area contributed by atoms with E-state index in [0.717, 1.165) is 11.1 Å². The number of nitrogens with zero attached hydrogens (tertiary/aromatic N) is 5. The molecule has 1 N–H and O–H groups in total. The Morgan fingerprint density at radius 3 is 2.63 bits per heavy atom. The van der Waals surface area contributed by atoms with Crippen LogP contribution < -0.4 is 10.3 Å². The number of aromatic amines is 1. The number of hydrogen-bond donors (Lipinski definition) is 1. The van der Waals surface area contributed by atoms with E-state index in [1.54, 1.807) is 33.8 Å². The van der Waals surface area contributed by atoms with E-state index in [1.807, 2.05) is 31.2 Å². The van der Waals surface area contributed by atoms with Crippen LogP contribution in [0.2, 0.25) is 5.02 Å². The molecule has 0 spiro atoms. The lowest BCUT2D eigenvalue weighted by atomic mass is 9.96. The van der Waals surface area contributed by atoms with E-state index in [0.29, 0.717) is 54.7 Å². The van der Waals surface area contributed by atoms with E-state index in [4.69, 9.17) is 21.3 Å². The average Bonchev–Trinajstić information content (AvgIpc) is 3.28. The maximum atomic E-state index is 12.7. The molecule has 1 aliphatic heterocycles. The number of halogens is 1. The maximum absolute atomic E-state index is 12.7. The van der Waals surface area contributed by atoms with Gasteiger partial charge in [0.15, 0.2) is 17.8 Å². The summed E-state index contributed by atoms with van der Waals surface area (Å²) < 4.78 is 7.26. The fourth-order valence-electron chi connectivity index (χ4n) is 4.30. The molecule has 0 unspecified atom stereocenters. The zero-order valence-electron chi connectivity index (χ0n) is 19.3. The Bertz CT molecular complexity index is 1410. The van der Waals surface area contributed by atoms with Gasteiger partial charge in [-0.2, -0.15) is 0 Å². The van der Waals surface area contributed by atoms with Crippen LogP contribution in [-0.4, -0.2) is 55.5 Å². The number of aryl methyl sites for hydroxylation is 1. The number of carbonyl (C=O) groups excluding carboxylic acids is 1. The lowest BCUT2D eigenvalue weighted by Gasteiger charge is -2.31. The van der Waals surface area contributed by atoms with Gasteiger partial charge < -0.3 is 14.6 Å². The van der Waals surface area contributed by atoms with E-state index in [2.05, 4.69) is 15.3 Å². The van der Waals surface area contributed by atoms with Crippen molar-refractivity contribution in [2.75, 3.05) is 19.7 Å². The molecule has 4 aromatic rings. The Balaban J connectivity index is 1.25. The first-order valence-corrected chi connectivity index (χ1v) is 11.9. The molecule has 1 amide bonds. The van der Waals surface area contributed by atoms with Gasteiger partial charge in [0.25, 0.3) is 11.5 Å². The number of ether oxygens (including phenoxy) is 1. The number of rotatable bonds is 6. The third-order valence-corrected chi connectivity index (χ3v) is 6.64. The van der Waals surface area contributed by atoms with E-state index >= 15 is 0 Å². The number of fused-ring (bicyclic) bond motifs is 1. The summed E-state index contributed by atoms with van der Waals surface area (Å²) in [4.78, 5) is 34.7. The first-order chi connectivity index (χ1) is 17.0. The monoisotopic (exact) mass is 492 g/mol. The molecule has 0 atom stereocenters. The number of H-pyrrole nitrogens is 1. The Hall–Kier alpha value is -3.72. The molecule has 9 nitrogen and oxygen atoms in total. The van der Waals surface area contributed by atoms with Gasteiger partial charge in [-0.15, -0.1) is 5.10 Å². The standard InChI is InChI=1S/C25H25ClN6O3/c1-16-4-2-3-5-18(16)14-32-24-22(29-30-32)25(34)28-23(27-24)17-10-12-31(13-11-17)21(33)15-35-20-8-6-19(26)7-9-20/h2-9,17H,10-15H2,1H3,(H,27,28,34). The Kier molecular flexibility index (Phi) is 6.50. The van der Waals surface area contributed by atoms with Crippen LogP contribution in [-0.2, 0) is 11.3 Å². The molecule has 0 radical (unpaired) electrons. The minimum absolute atomic E-state index is 0.0307. The number of aromatic nitrogens is 5. The molecule has 2 aromatic heterocycles. The fourth-order valence-corrected chi connectivity index (χ4v) is 4.43. The summed E-state index contributed by atoms with van der Waals surface area (Å²) in [5.41, 5.74) is 2.64. The zero-order valence-corrected chi connectivity index (χ0v) is 20.0. The molecule has 1 aliphatic rings. The van der Waals surface area contributed by atoms with Crippen molar-refractivity contribution in [1.82, 2.24) is 29.9 Å². The van der Waals surface area contributed by atoms with E-state index in [1.165, 1.54) is 0 Å². The first kappa shape index (κ1) is 23.0. The molecule has 3 heterocycles. The second-order valence-corrected chi connectivity index (χ2v) is 9.13. The molecule has 1 fully saturated rings. The normalized spacial score (nSPS) is 14.4. The lowest BCUT2D eigenvalue weighted by Crippen LogP contribution is -2.41. The van der Waals surface area contributed by atoms with Crippen LogP contribution in [0.5, 0.6) is 5.75 Å². The molecule has 1 saturated heterocycles. The highest BCUT2D eigenvalue weighted by molar-refractivity contribution is 6.30. The smallest absolute Gasteiger partial charge is 0.281 e. The van der Waals surface area contributed by atoms with Crippen molar-refractivity contribution < 1.29 is 9.53 Å². The molecule has 5 rings (SSSR count). The second-order valence-electron chi connectivity index (χ2n) is 8.69. The lowest BCUT2D eigenvalue weighted by molar-refractivity contribution is -0.134. The van der Waals surface area contributed by atoms with Crippen molar-refractivity contribution in [2.24, 2.45) is 0 Å². The van der Waals surface area contributed by atoms with Gasteiger partial charge in [0.2, 0.25) is 0 Å². The minimum Gasteiger partial charge on any atom is -0.484 e. The molecular weight excluding hydrogens is 468 g/mol. The summed E-state index contributed by atoms with van der Waals surface area (Å²) >= 11 is 5.88. The van der Waals surface area contributed by atoms with Gasteiger partial charge in [0, 0.05) is 24.0 Å². The van der Waals surface area contributed by atoms with E-state index in [-0.39, 0.29) is 29.5 Å². The topological polar surface area (TPSA) is 106 Å². The first-order valence-electron chi connectivity index (χ1n) is 11.5. The van der Waals surface area contributed by atoms with E-state index in [9.17, 15) is 9.59 Å². The van der Waals surface area contributed by atoms with Gasteiger partial charge in [-0.1, -0.05) is 41.1 Å². The largest absolute Gasteiger partial charge is 0.484 e. The van der Waals surface area contributed by atoms with Crippen molar-refractivity contribution in [2.45, 2.75) is 32.2 Å². The van der Waals surface area contributed by atoms with Crippen molar-refractivity contribution in [1.29, 1.82) is 0 Å². The van der Waals surface area contributed by atoms with Crippen LogP contribution in [0.3, 0.4) is 0 Å². The third-order valence-electron chi connectivity index (χ3n) is 6.38. The summed E-state index contributed by atoms with van der Waals surface area (Å²) in [5, 5.41) is 8.84. The SMILES string of the molecule is Cc1ccccc1Cn1nnc2c(=O)[nH]c(C3CCN(C(=O)COc4ccc(Cl)cc4)CC3)nc21. The molecule has 10 heteroatoms. The quantitative estimate of drug-likeness (QED) is 0.442. The van der Waals surface area contributed by atoms with Gasteiger partial charge in [0.05, 0.1) is 6.54 Å². The fraction of sp³-hybridized carbons (Fsp3) is 0.320. The molecule has 0 aliphatic carbocycles. The van der Waals surface area contributed by atoms with Crippen LogP contribution >= 0.6 is 11.6 Å². The number of hydrogen-bond acceptors (Lipinski definition) is 6. The van der Waals surface area contributed by atoms with E-state index < -0.39 is 0 Å². The summed E-state index contributed by atoms with van der Waals surface area (Å²) in [6, 6.07) is 14.9. The minimum atomic E-state index is -0.295. The highest BCUT2D eigenvalue weighted by Gasteiger charge is 2.26. The summed E-state index contributed by atoms with van der Waals surface area (Å²) in [7, 11) is 0. The number of benzene rings is 2. The molecule has 180 valence electrons. The van der Waals surface area contributed by atoms with Crippen LogP contribution in [0.1, 0.15) is 35.7 Å².